The van der Waals surface area contributed by atoms with Gasteiger partial charge in [-0.25, -0.2) is 15.0 Å². The average Bonchev–Trinajstić information content (AvgIpc) is 2.98. The van der Waals surface area contributed by atoms with Crippen molar-refractivity contribution in [3.63, 3.8) is 0 Å². The number of thiazole rings is 1. The van der Waals surface area contributed by atoms with Gasteiger partial charge in [0, 0.05) is 23.7 Å². The molecule has 3 rings (SSSR count). The minimum atomic E-state index is 0.702. The van der Waals surface area contributed by atoms with Crippen molar-refractivity contribution in [2.75, 3.05) is 0 Å². The zero-order chi connectivity index (χ0) is 11.7. The van der Waals surface area contributed by atoms with Crippen molar-refractivity contribution in [3.8, 4) is 11.5 Å². The second-order valence-corrected chi connectivity index (χ2v) is 5.07. The monoisotopic (exact) mass is 246 g/mol. The number of rotatable bonds is 4. The Morgan fingerprint density at radius 1 is 1.41 bits per heavy atom. The van der Waals surface area contributed by atoms with Crippen LogP contribution in [0.25, 0.3) is 11.5 Å². The van der Waals surface area contributed by atoms with Gasteiger partial charge < -0.3 is 5.32 Å². The van der Waals surface area contributed by atoms with Gasteiger partial charge in [-0.3, -0.25) is 0 Å². The molecule has 1 aliphatic carbocycles. The first-order valence-electron chi connectivity index (χ1n) is 5.78. The van der Waals surface area contributed by atoms with E-state index in [0.29, 0.717) is 6.04 Å². The predicted octanol–water partition coefficient (Wildman–Crippen LogP) is 2.16. The van der Waals surface area contributed by atoms with Gasteiger partial charge in [0.1, 0.15) is 5.69 Å². The molecule has 0 radical (unpaired) electrons. The predicted molar refractivity (Wildman–Crippen MR) is 67.7 cm³/mol. The summed E-state index contributed by atoms with van der Waals surface area (Å²) in [5, 5.41) is 5.44. The number of aryl methyl sites for hydroxylation is 1. The average molecular weight is 246 g/mol. The van der Waals surface area contributed by atoms with Crippen LogP contribution in [0.5, 0.6) is 0 Å². The smallest absolute Gasteiger partial charge is 0.179 e. The summed E-state index contributed by atoms with van der Waals surface area (Å²) in [5.74, 6) is 0.735. The lowest BCUT2D eigenvalue weighted by Crippen LogP contribution is -2.16. The van der Waals surface area contributed by atoms with Gasteiger partial charge >= 0.3 is 0 Å². The Balaban J connectivity index is 1.83. The standard InChI is InChI=1S/C12H14N4S/c1-8-4-10(5-13-9-2-3-9)16-12(15-8)11-6-17-7-14-11/h4,6-7,9,13H,2-3,5H2,1H3. The maximum Gasteiger partial charge on any atom is 0.179 e. The zero-order valence-corrected chi connectivity index (χ0v) is 10.5. The third-order valence-electron chi connectivity index (χ3n) is 2.72. The molecule has 0 spiro atoms. The van der Waals surface area contributed by atoms with Crippen LogP contribution >= 0.6 is 11.3 Å². The quantitative estimate of drug-likeness (QED) is 0.898. The lowest BCUT2D eigenvalue weighted by atomic mass is 10.3. The van der Waals surface area contributed by atoms with Gasteiger partial charge in [-0.05, 0) is 25.8 Å². The lowest BCUT2D eigenvalue weighted by Gasteiger charge is -2.05. The molecule has 0 bridgehead atoms. The summed E-state index contributed by atoms with van der Waals surface area (Å²) in [4.78, 5) is 13.2. The van der Waals surface area contributed by atoms with Crippen molar-refractivity contribution >= 4 is 11.3 Å². The van der Waals surface area contributed by atoms with Gasteiger partial charge in [0.2, 0.25) is 0 Å². The first-order valence-corrected chi connectivity index (χ1v) is 6.72. The van der Waals surface area contributed by atoms with Crippen molar-refractivity contribution in [1.82, 2.24) is 20.3 Å². The normalized spacial score (nSPS) is 15.1. The number of hydrogen-bond donors (Lipinski definition) is 1. The highest BCUT2D eigenvalue weighted by Gasteiger charge is 2.20. The molecule has 1 aliphatic rings. The van der Waals surface area contributed by atoms with E-state index >= 15 is 0 Å². The van der Waals surface area contributed by atoms with Crippen molar-refractivity contribution in [2.45, 2.75) is 32.4 Å². The Labute approximate surface area is 104 Å². The number of hydrogen-bond acceptors (Lipinski definition) is 5. The molecule has 0 amide bonds. The van der Waals surface area contributed by atoms with Crippen LogP contribution in [-0.2, 0) is 6.54 Å². The van der Waals surface area contributed by atoms with E-state index in [1.54, 1.807) is 11.3 Å². The number of nitrogens with one attached hydrogen (secondary N) is 1. The molecule has 2 aromatic rings. The molecule has 0 aromatic carbocycles. The van der Waals surface area contributed by atoms with Crippen molar-refractivity contribution in [1.29, 1.82) is 0 Å². The van der Waals surface area contributed by atoms with Gasteiger partial charge in [0.05, 0.1) is 11.2 Å². The van der Waals surface area contributed by atoms with E-state index < -0.39 is 0 Å². The Morgan fingerprint density at radius 3 is 3.00 bits per heavy atom. The van der Waals surface area contributed by atoms with Crippen LogP contribution in [0.4, 0.5) is 0 Å². The first-order chi connectivity index (χ1) is 8.31. The fourth-order valence-electron chi connectivity index (χ4n) is 1.70. The van der Waals surface area contributed by atoms with Crippen molar-refractivity contribution in [3.05, 3.63) is 28.3 Å². The molecular formula is C12H14N4S. The van der Waals surface area contributed by atoms with Gasteiger partial charge in [0.25, 0.3) is 0 Å². The molecule has 1 saturated carbocycles. The lowest BCUT2D eigenvalue weighted by molar-refractivity contribution is 0.672. The van der Waals surface area contributed by atoms with E-state index in [1.165, 1.54) is 12.8 Å². The van der Waals surface area contributed by atoms with Crippen molar-refractivity contribution in [2.24, 2.45) is 0 Å². The van der Waals surface area contributed by atoms with E-state index in [2.05, 4.69) is 20.3 Å². The van der Waals surface area contributed by atoms with Crippen molar-refractivity contribution < 1.29 is 0 Å². The molecule has 1 fully saturated rings. The van der Waals surface area contributed by atoms with Gasteiger partial charge in [-0.2, -0.15) is 0 Å². The maximum absolute atomic E-state index is 4.55. The SMILES string of the molecule is Cc1cc(CNC2CC2)nc(-c2cscn2)n1. The van der Waals surface area contributed by atoms with Crippen LogP contribution in [0.3, 0.4) is 0 Å². The minimum absolute atomic E-state index is 0.702. The first kappa shape index (κ1) is 10.8. The zero-order valence-electron chi connectivity index (χ0n) is 9.68. The topological polar surface area (TPSA) is 50.7 Å². The summed E-state index contributed by atoms with van der Waals surface area (Å²) in [6.07, 6.45) is 2.59. The molecule has 0 atom stereocenters. The highest BCUT2D eigenvalue weighted by molar-refractivity contribution is 7.07. The van der Waals surface area contributed by atoms with Gasteiger partial charge in [-0.15, -0.1) is 11.3 Å². The molecule has 4 nitrogen and oxygen atoms in total. The molecule has 0 unspecified atom stereocenters. The van der Waals surface area contributed by atoms with E-state index in [4.69, 9.17) is 0 Å². The van der Waals surface area contributed by atoms with E-state index in [0.717, 1.165) is 29.5 Å². The van der Waals surface area contributed by atoms with Crippen LogP contribution < -0.4 is 5.32 Å². The third-order valence-corrected chi connectivity index (χ3v) is 3.30. The minimum Gasteiger partial charge on any atom is -0.308 e. The highest BCUT2D eigenvalue weighted by Crippen LogP contribution is 2.20. The van der Waals surface area contributed by atoms with E-state index in [-0.39, 0.29) is 0 Å². The molecule has 0 aliphatic heterocycles. The summed E-state index contributed by atoms with van der Waals surface area (Å²) in [5.41, 5.74) is 4.72. The largest absolute Gasteiger partial charge is 0.308 e. The summed E-state index contributed by atoms with van der Waals surface area (Å²) < 4.78 is 0. The molecule has 1 N–H and O–H groups in total. The second kappa shape index (κ2) is 4.50. The second-order valence-electron chi connectivity index (χ2n) is 4.35. The summed E-state index contributed by atoms with van der Waals surface area (Å²) in [6.45, 7) is 2.82. The molecule has 88 valence electrons. The fourth-order valence-corrected chi connectivity index (χ4v) is 2.23. The highest BCUT2D eigenvalue weighted by atomic mass is 32.1. The van der Waals surface area contributed by atoms with Crippen LogP contribution in [0.2, 0.25) is 0 Å². The molecule has 2 heterocycles. The summed E-state index contributed by atoms with van der Waals surface area (Å²) in [7, 11) is 0. The van der Waals surface area contributed by atoms with Gasteiger partial charge in [-0.1, -0.05) is 0 Å². The Hall–Kier alpha value is -1.33. The van der Waals surface area contributed by atoms with E-state index in [9.17, 15) is 0 Å². The maximum atomic E-state index is 4.55. The Morgan fingerprint density at radius 2 is 2.29 bits per heavy atom. The van der Waals surface area contributed by atoms with Crippen LogP contribution in [-0.4, -0.2) is 21.0 Å². The summed E-state index contributed by atoms with van der Waals surface area (Å²) in [6, 6.07) is 2.73. The number of aromatic nitrogens is 3. The molecule has 17 heavy (non-hydrogen) atoms. The van der Waals surface area contributed by atoms with Crippen LogP contribution in [0, 0.1) is 6.92 Å². The summed E-state index contributed by atoms with van der Waals surface area (Å²) >= 11 is 1.57. The Kier molecular flexibility index (Phi) is 2.86. The number of nitrogens with zero attached hydrogens (tertiary/aromatic N) is 3. The fraction of sp³-hybridized carbons (Fsp3) is 0.417. The van der Waals surface area contributed by atoms with Crippen LogP contribution in [0.15, 0.2) is 17.0 Å². The van der Waals surface area contributed by atoms with E-state index in [1.807, 2.05) is 23.9 Å². The Bertz CT molecular complexity index is 505. The molecular weight excluding hydrogens is 232 g/mol. The third kappa shape index (κ3) is 2.68. The molecule has 2 aromatic heterocycles. The molecule has 5 heteroatoms. The molecule has 0 saturated heterocycles. The van der Waals surface area contributed by atoms with Gasteiger partial charge in [0.15, 0.2) is 5.82 Å². The van der Waals surface area contributed by atoms with Crippen LogP contribution in [0.1, 0.15) is 24.2 Å².